The van der Waals surface area contributed by atoms with Gasteiger partial charge < -0.3 is 24.8 Å². The normalized spacial score (nSPS) is 20.5. The van der Waals surface area contributed by atoms with E-state index in [1.807, 2.05) is 41.1 Å². The molecule has 1 fully saturated rings. The Labute approximate surface area is 163 Å². The Balaban J connectivity index is 1.41. The van der Waals surface area contributed by atoms with Crippen molar-refractivity contribution in [1.29, 1.82) is 0 Å². The number of hydrogen-bond acceptors (Lipinski definition) is 4. The SMILES string of the molecule is CNC(=O)[C@H]1Cn2ccnc2C2(CCN(C(=O)NCc3ccccc3)CC2)O1. The van der Waals surface area contributed by atoms with Crippen LogP contribution in [0.5, 0.6) is 0 Å². The summed E-state index contributed by atoms with van der Waals surface area (Å²) in [7, 11) is 1.61. The van der Waals surface area contributed by atoms with Crippen LogP contribution in [0.2, 0.25) is 0 Å². The fourth-order valence-electron chi connectivity index (χ4n) is 3.99. The quantitative estimate of drug-likeness (QED) is 0.834. The Morgan fingerprint density at radius 3 is 2.71 bits per heavy atom. The molecule has 4 rings (SSSR count). The number of benzene rings is 1. The van der Waals surface area contributed by atoms with E-state index in [9.17, 15) is 9.59 Å². The smallest absolute Gasteiger partial charge is 0.317 e. The van der Waals surface area contributed by atoms with Crippen LogP contribution in [-0.2, 0) is 28.2 Å². The number of nitrogens with one attached hydrogen (secondary N) is 2. The molecule has 0 bridgehead atoms. The van der Waals surface area contributed by atoms with Gasteiger partial charge in [0.05, 0.1) is 6.54 Å². The van der Waals surface area contributed by atoms with Crippen LogP contribution in [0, 0.1) is 0 Å². The van der Waals surface area contributed by atoms with Crippen LogP contribution in [0.4, 0.5) is 4.79 Å². The number of ether oxygens (including phenoxy) is 1. The van der Waals surface area contributed by atoms with Crippen molar-refractivity contribution in [1.82, 2.24) is 25.1 Å². The molecule has 148 valence electrons. The van der Waals surface area contributed by atoms with Crippen LogP contribution in [0.3, 0.4) is 0 Å². The molecule has 8 heteroatoms. The first-order valence-electron chi connectivity index (χ1n) is 9.59. The van der Waals surface area contributed by atoms with E-state index in [0.717, 1.165) is 11.4 Å². The summed E-state index contributed by atoms with van der Waals surface area (Å²) in [6.45, 7) is 2.06. The zero-order chi connectivity index (χ0) is 19.6. The zero-order valence-corrected chi connectivity index (χ0v) is 15.9. The van der Waals surface area contributed by atoms with Crippen LogP contribution < -0.4 is 10.6 Å². The average Bonchev–Trinajstić information content (AvgIpc) is 3.22. The van der Waals surface area contributed by atoms with Crippen molar-refractivity contribution in [3.8, 4) is 0 Å². The lowest BCUT2D eigenvalue weighted by Gasteiger charge is -2.45. The lowest BCUT2D eigenvalue weighted by atomic mass is 9.88. The Morgan fingerprint density at radius 1 is 1.25 bits per heavy atom. The molecule has 8 nitrogen and oxygen atoms in total. The number of imidazole rings is 1. The van der Waals surface area contributed by atoms with Gasteiger partial charge in [0.2, 0.25) is 0 Å². The Bertz CT molecular complexity index is 843. The lowest BCUT2D eigenvalue weighted by molar-refractivity contribution is -0.171. The second-order valence-electron chi connectivity index (χ2n) is 7.25. The fraction of sp³-hybridized carbons (Fsp3) is 0.450. The van der Waals surface area contributed by atoms with Gasteiger partial charge in [0.25, 0.3) is 5.91 Å². The van der Waals surface area contributed by atoms with Gasteiger partial charge in [-0.25, -0.2) is 9.78 Å². The van der Waals surface area contributed by atoms with E-state index in [-0.39, 0.29) is 11.9 Å². The van der Waals surface area contributed by atoms with Gasteiger partial charge >= 0.3 is 6.03 Å². The van der Waals surface area contributed by atoms with Crippen LogP contribution in [-0.4, -0.2) is 52.6 Å². The maximum absolute atomic E-state index is 12.5. The number of fused-ring (bicyclic) bond motifs is 2. The summed E-state index contributed by atoms with van der Waals surface area (Å²) in [4.78, 5) is 31.0. The third-order valence-corrected chi connectivity index (χ3v) is 5.54. The summed E-state index contributed by atoms with van der Waals surface area (Å²) in [5.41, 5.74) is 0.435. The Hall–Kier alpha value is -2.87. The van der Waals surface area contributed by atoms with Crippen LogP contribution in [0.25, 0.3) is 0 Å². The van der Waals surface area contributed by atoms with Gasteiger partial charge in [0.1, 0.15) is 11.4 Å². The van der Waals surface area contributed by atoms with Gasteiger partial charge in [-0.15, -0.1) is 0 Å². The van der Waals surface area contributed by atoms with Gasteiger partial charge in [-0.1, -0.05) is 30.3 Å². The Morgan fingerprint density at radius 2 is 2.00 bits per heavy atom. The highest BCUT2D eigenvalue weighted by Crippen LogP contribution is 2.40. The van der Waals surface area contributed by atoms with Crippen LogP contribution >= 0.6 is 0 Å². The predicted octanol–water partition coefficient (Wildman–Crippen LogP) is 1.23. The van der Waals surface area contributed by atoms with E-state index < -0.39 is 11.7 Å². The third-order valence-electron chi connectivity index (χ3n) is 5.54. The number of aromatic nitrogens is 2. The van der Waals surface area contributed by atoms with Crippen molar-refractivity contribution in [2.45, 2.75) is 37.6 Å². The molecule has 28 heavy (non-hydrogen) atoms. The molecular formula is C20H25N5O3. The molecule has 1 aromatic carbocycles. The van der Waals surface area contributed by atoms with Crippen LogP contribution in [0.15, 0.2) is 42.7 Å². The highest BCUT2D eigenvalue weighted by Gasteiger charge is 2.47. The molecule has 1 atom stereocenters. The maximum atomic E-state index is 12.5. The summed E-state index contributed by atoms with van der Waals surface area (Å²) in [5, 5.41) is 5.64. The highest BCUT2D eigenvalue weighted by molar-refractivity contribution is 5.80. The third kappa shape index (κ3) is 3.47. The molecular weight excluding hydrogens is 358 g/mol. The van der Waals surface area contributed by atoms with E-state index in [0.29, 0.717) is 39.0 Å². The van der Waals surface area contributed by atoms with Crippen molar-refractivity contribution in [3.63, 3.8) is 0 Å². The first kappa shape index (κ1) is 18.5. The van der Waals surface area contributed by atoms with Crippen molar-refractivity contribution in [2.75, 3.05) is 20.1 Å². The summed E-state index contributed by atoms with van der Waals surface area (Å²) in [6, 6.07) is 9.76. The predicted molar refractivity (Wildman–Crippen MR) is 102 cm³/mol. The van der Waals surface area contributed by atoms with Gasteiger partial charge in [0.15, 0.2) is 6.10 Å². The van der Waals surface area contributed by atoms with Gasteiger partial charge in [0, 0.05) is 51.9 Å². The second-order valence-corrected chi connectivity index (χ2v) is 7.25. The van der Waals surface area contributed by atoms with E-state index in [1.165, 1.54) is 0 Å². The molecule has 2 aliphatic heterocycles. The number of likely N-dealkylation sites (tertiary alicyclic amines) is 1. The lowest BCUT2D eigenvalue weighted by Crippen LogP contribution is -2.55. The summed E-state index contributed by atoms with van der Waals surface area (Å²) in [5.74, 6) is 0.707. The first-order chi connectivity index (χ1) is 13.6. The van der Waals surface area contributed by atoms with Crippen molar-refractivity contribution in [3.05, 3.63) is 54.1 Å². The number of likely N-dealkylation sites (N-methyl/N-ethyl adjacent to an activating group) is 1. The molecule has 1 spiro atoms. The molecule has 3 amide bonds. The molecule has 2 N–H and O–H groups in total. The molecule has 0 radical (unpaired) electrons. The van der Waals surface area contributed by atoms with Crippen molar-refractivity contribution < 1.29 is 14.3 Å². The van der Waals surface area contributed by atoms with Crippen LogP contribution in [0.1, 0.15) is 24.2 Å². The second kappa shape index (κ2) is 7.63. The maximum Gasteiger partial charge on any atom is 0.317 e. The molecule has 2 aliphatic rings. The minimum absolute atomic E-state index is 0.0827. The standard InChI is InChI=1S/C20H25N5O3/c1-21-17(26)16-14-25-12-9-22-18(25)20(28-16)7-10-24(11-8-20)19(27)23-13-15-5-3-2-4-6-15/h2-6,9,12,16H,7-8,10-11,13-14H2,1H3,(H,21,26)(H,23,27)/t16-/m1/s1. The number of piperidine rings is 1. The summed E-state index contributed by atoms with van der Waals surface area (Å²) < 4.78 is 8.25. The minimum Gasteiger partial charge on any atom is -0.357 e. The average molecular weight is 383 g/mol. The molecule has 2 aromatic rings. The van der Waals surface area contributed by atoms with E-state index in [4.69, 9.17) is 4.74 Å². The van der Waals surface area contributed by atoms with Gasteiger partial charge in [-0.05, 0) is 5.56 Å². The van der Waals surface area contributed by atoms with Gasteiger partial charge in [-0.2, -0.15) is 0 Å². The summed E-state index contributed by atoms with van der Waals surface area (Å²) >= 11 is 0. The monoisotopic (exact) mass is 383 g/mol. The number of rotatable bonds is 3. The molecule has 1 aromatic heterocycles. The number of hydrogen-bond donors (Lipinski definition) is 2. The molecule has 3 heterocycles. The highest BCUT2D eigenvalue weighted by atomic mass is 16.5. The molecule has 0 saturated carbocycles. The van der Waals surface area contributed by atoms with Crippen molar-refractivity contribution in [2.24, 2.45) is 0 Å². The minimum atomic E-state index is -0.630. The number of nitrogens with zero attached hydrogens (tertiary/aromatic N) is 3. The summed E-state index contributed by atoms with van der Waals surface area (Å²) in [6.07, 6.45) is 4.29. The van der Waals surface area contributed by atoms with E-state index in [1.54, 1.807) is 18.1 Å². The Kier molecular flexibility index (Phi) is 5.04. The number of carbonyl (C=O) groups excluding carboxylic acids is 2. The number of urea groups is 1. The number of amides is 3. The zero-order valence-electron chi connectivity index (χ0n) is 15.9. The molecule has 1 saturated heterocycles. The first-order valence-corrected chi connectivity index (χ1v) is 9.59. The fourth-order valence-corrected chi connectivity index (χ4v) is 3.99. The van der Waals surface area contributed by atoms with Crippen molar-refractivity contribution >= 4 is 11.9 Å². The van der Waals surface area contributed by atoms with E-state index >= 15 is 0 Å². The van der Waals surface area contributed by atoms with Gasteiger partial charge in [-0.3, -0.25) is 4.79 Å². The largest absolute Gasteiger partial charge is 0.357 e. The molecule has 0 aliphatic carbocycles. The topological polar surface area (TPSA) is 88.5 Å². The molecule has 0 unspecified atom stereocenters. The van der Waals surface area contributed by atoms with E-state index in [2.05, 4.69) is 15.6 Å². The number of carbonyl (C=O) groups is 2.